The van der Waals surface area contributed by atoms with Crippen molar-refractivity contribution in [3.8, 4) is 0 Å². The molecule has 2 N–H and O–H groups in total. The lowest BCUT2D eigenvalue weighted by molar-refractivity contribution is 0.570. The molecule has 3 rings (SSSR count). The molecule has 3 heteroatoms. The van der Waals surface area contributed by atoms with Gasteiger partial charge < -0.3 is 15.5 Å². The Morgan fingerprint density at radius 2 is 1.62 bits per heavy atom. The summed E-state index contributed by atoms with van der Waals surface area (Å²) in [6.07, 6.45) is 0.974. The van der Waals surface area contributed by atoms with Crippen LogP contribution in [0.3, 0.4) is 0 Å². The van der Waals surface area contributed by atoms with Gasteiger partial charge in [0.25, 0.3) is 0 Å². The molecule has 1 heterocycles. The largest absolute Gasteiger partial charge is 0.371 e. The lowest BCUT2D eigenvalue weighted by atomic mass is 9.99. The van der Waals surface area contributed by atoms with E-state index in [4.69, 9.17) is 5.73 Å². The highest BCUT2D eigenvalue weighted by Crippen LogP contribution is 2.38. The molecule has 0 aliphatic carbocycles. The second-order valence-electron chi connectivity index (χ2n) is 5.61. The lowest BCUT2D eigenvalue weighted by Crippen LogP contribution is -2.41. The molecule has 0 spiro atoms. The Morgan fingerprint density at radius 3 is 2.33 bits per heavy atom. The Hall–Kier alpha value is -2.00. The van der Waals surface area contributed by atoms with Gasteiger partial charge in [-0.1, -0.05) is 42.5 Å². The maximum Gasteiger partial charge on any atom is 0.0609 e. The van der Waals surface area contributed by atoms with Crippen molar-refractivity contribution in [3.63, 3.8) is 0 Å². The quantitative estimate of drug-likeness (QED) is 0.935. The first-order valence-corrected chi connectivity index (χ1v) is 7.63. The van der Waals surface area contributed by atoms with Gasteiger partial charge in [-0.3, -0.25) is 0 Å². The summed E-state index contributed by atoms with van der Waals surface area (Å²) >= 11 is 0. The molecule has 0 radical (unpaired) electrons. The summed E-state index contributed by atoms with van der Waals surface area (Å²) in [7, 11) is 2.16. The molecule has 2 aromatic rings. The fourth-order valence-corrected chi connectivity index (χ4v) is 3.19. The summed E-state index contributed by atoms with van der Waals surface area (Å²) in [5.74, 6) is 0. The Balaban J connectivity index is 1.99. The van der Waals surface area contributed by atoms with Crippen LogP contribution in [-0.2, 0) is 0 Å². The lowest BCUT2D eigenvalue weighted by Gasteiger charge is -2.41. The van der Waals surface area contributed by atoms with Crippen LogP contribution in [0.5, 0.6) is 0 Å². The van der Waals surface area contributed by atoms with Crippen LogP contribution in [0.2, 0.25) is 0 Å². The number of fused-ring (bicyclic) bond motifs is 1. The van der Waals surface area contributed by atoms with Crippen molar-refractivity contribution in [2.75, 3.05) is 36.5 Å². The van der Waals surface area contributed by atoms with Gasteiger partial charge in [-0.25, -0.2) is 0 Å². The molecule has 1 atom stereocenters. The van der Waals surface area contributed by atoms with Crippen molar-refractivity contribution < 1.29 is 0 Å². The highest BCUT2D eigenvalue weighted by Gasteiger charge is 2.26. The maximum atomic E-state index is 5.88. The van der Waals surface area contributed by atoms with E-state index < -0.39 is 0 Å². The number of likely N-dealkylation sites (N-methyl/N-ethyl adjacent to an activating group) is 1. The SMILES string of the molecule is CN1CCN(C(CCN)c2ccccc2)c2ccccc21. The second-order valence-corrected chi connectivity index (χ2v) is 5.61. The average Bonchev–Trinajstić information content (AvgIpc) is 2.55. The van der Waals surface area contributed by atoms with Crippen molar-refractivity contribution in [1.82, 2.24) is 0 Å². The number of anilines is 2. The van der Waals surface area contributed by atoms with Crippen LogP contribution in [0.4, 0.5) is 11.4 Å². The van der Waals surface area contributed by atoms with Gasteiger partial charge in [0.2, 0.25) is 0 Å². The van der Waals surface area contributed by atoms with Crippen LogP contribution in [0.15, 0.2) is 54.6 Å². The number of hydrogen-bond acceptors (Lipinski definition) is 3. The predicted molar refractivity (Wildman–Crippen MR) is 89.9 cm³/mol. The van der Waals surface area contributed by atoms with Gasteiger partial charge >= 0.3 is 0 Å². The van der Waals surface area contributed by atoms with Crippen LogP contribution in [-0.4, -0.2) is 26.7 Å². The van der Waals surface area contributed by atoms with E-state index in [1.54, 1.807) is 0 Å². The van der Waals surface area contributed by atoms with Crippen LogP contribution < -0.4 is 15.5 Å². The van der Waals surface area contributed by atoms with E-state index in [2.05, 4.69) is 71.4 Å². The third-order valence-electron chi connectivity index (χ3n) is 4.28. The van der Waals surface area contributed by atoms with Crippen LogP contribution in [0, 0.1) is 0 Å². The molecule has 0 saturated heterocycles. The monoisotopic (exact) mass is 281 g/mol. The van der Waals surface area contributed by atoms with E-state index in [1.165, 1.54) is 16.9 Å². The topological polar surface area (TPSA) is 32.5 Å². The van der Waals surface area contributed by atoms with Crippen LogP contribution in [0.25, 0.3) is 0 Å². The second kappa shape index (κ2) is 6.19. The number of benzene rings is 2. The third kappa shape index (κ3) is 2.74. The van der Waals surface area contributed by atoms with Gasteiger partial charge in [-0.05, 0) is 30.7 Å². The normalized spacial score (nSPS) is 15.7. The smallest absolute Gasteiger partial charge is 0.0609 e. The third-order valence-corrected chi connectivity index (χ3v) is 4.28. The zero-order valence-corrected chi connectivity index (χ0v) is 12.6. The molecule has 2 aromatic carbocycles. The molecule has 0 fully saturated rings. The fourth-order valence-electron chi connectivity index (χ4n) is 3.19. The Bertz CT molecular complexity index is 582. The van der Waals surface area contributed by atoms with E-state index in [-0.39, 0.29) is 0 Å². The molecule has 0 bridgehead atoms. The molecular formula is C18H23N3. The van der Waals surface area contributed by atoms with E-state index in [0.717, 1.165) is 19.5 Å². The van der Waals surface area contributed by atoms with Gasteiger partial charge in [0.15, 0.2) is 0 Å². The number of nitrogens with zero attached hydrogens (tertiary/aromatic N) is 2. The minimum atomic E-state index is 0.353. The Kier molecular flexibility index (Phi) is 4.11. The fraction of sp³-hybridized carbons (Fsp3) is 0.333. The van der Waals surface area contributed by atoms with Gasteiger partial charge in [0, 0.05) is 20.1 Å². The summed E-state index contributed by atoms with van der Waals surface area (Å²) in [6, 6.07) is 19.7. The summed E-state index contributed by atoms with van der Waals surface area (Å²) in [6.45, 7) is 2.78. The number of rotatable bonds is 4. The highest BCUT2D eigenvalue weighted by molar-refractivity contribution is 5.73. The first-order valence-electron chi connectivity index (χ1n) is 7.63. The minimum Gasteiger partial charge on any atom is -0.371 e. The van der Waals surface area contributed by atoms with Gasteiger partial charge in [0.05, 0.1) is 17.4 Å². The molecule has 1 aliphatic heterocycles. The predicted octanol–water partition coefficient (Wildman–Crippen LogP) is 3.03. The van der Waals surface area contributed by atoms with Crippen LogP contribution >= 0.6 is 0 Å². The van der Waals surface area contributed by atoms with Crippen LogP contribution in [0.1, 0.15) is 18.0 Å². The zero-order valence-electron chi connectivity index (χ0n) is 12.6. The molecule has 0 amide bonds. The first-order chi connectivity index (χ1) is 10.3. The molecule has 21 heavy (non-hydrogen) atoms. The van der Waals surface area contributed by atoms with E-state index >= 15 is 0 Å². The number of para-hydroxylation sites is 2. The first kappa shape index (κ1) is 14.0. The molecule has 0 aromatic heterocycles. The Morgan fingerprint density at radius 1 is 0.952 bits per heavy atom. The van der Waals surface area contributed by atoms with Crippen molar-refractivity contribution in [1.29, 1.82) is 0 Å². The highest BCUT2D eigenvalue weighted by atomic mass is 15.3. The van der Waals surface area contributed by atoms with Gasteiger partial charge in [0.1, 0.15) is 0 Å². The number of nitrogens with two attached hydrogens (primary N) is 1. The van der Waals surface area contributed by atoms with E-state index in [9.17, 15) is 0 Å². The molecule has 3 nitrogen and oxygen atoms in total. The average molecular weight is 281 g/mol. The van der Waals surface area contributed by atoms with E-state index in [1.807, 2.05) is 0 Å². The molecular weight excluding hydrogens is 258 g/mol. The summed E-state index contributed by atoms with van der Waals surface area (Å²) in [5, 5.41) is 0. The molecule has 1 unspecified atom stereocenters. The summed E-state index contributed by atoms with van der Waals surface area (Å²) in [5.41, 5.74) is 9.85. The molecule has 0 saturated carbocycles. The maximum absolute atomic E-state index is 5.88. The molecule has 110 valence electrons. The summed E-state index contributed by atoms with van der Waals surface area (Å²) in [4.78, 5) is 4.84. The van der Waals surface area contributed by atoms with Crippen molar-refractivity contribution >= 4 is 11.4 Å². The standard InChI is InChI=1S/C18H23N3/c1-20-13-14-21(18-10-6-5-9-17(18)20)16(11-12-19)15-7-3-2-4-8-15/h2-10,16H,11-14,19H2,1H3. The zero-order chi connectivity index (χ0) is 14.7. The summed E-state index contributed by atoms with van der Waals surface area (Å²) < 4.78 is 0. The van der Waals surface area contributed by atoms with Gasteiger partial charge in [-0.2, -0.15) is 0 Å². The number of hydrogen-bond donors (Lipinski definition) is 1. The van der Waals surface area contributed by atoms with Crippen molar-refractivity contribution in [3.05, 3.63) is 60.2 Å². The van der Waals surface area contributed by atoms with Crippen molar-refractivity contribution in [2.24, 2.45) is 5.73 Å². The Labute approximate surface area is 127 Å². The van der Waals surface area contributed by atoms with Crippen molar-refractivity contribution in [2.45, 2.75) is 12.5 Å². The van der Waals surface area contributed by atoms with E-state index in [0.29, 0.717) is 12.6 Å². The molecule has 1 aliphatic rings. The minimum absolute atomic E-state index is 0.353. The van der Waals surface area contributed by atoms with Gasteiger partial charge in [-0.15, -0.1) is 0 Å².